The summed E-state index contributed by atoms with van der Waals surface area (Å²) in [6, 6.07) is 15.6. The molecule has 0 heterocycles. The van der Waals surface area contributed by atoms with E-state index in [2.05, 4.69) is 15.6 Å². The van der Waals surface area contributed by atoms with Crippen molar-refractivity contribution in [3.8, 4) is 0 Å². The number of ether oxygens (including phenoxy) is 1. The number of carbonyl (C=O) groups excluding carboxylic acids is 2. The summed E-state index contributed by atoms with van der Waals surface area (Å²) in [5, 5.41) is 25.0. The Morgan fingerprint density at radius 2 is 1.54 bits per heavy atom. The molecule has 11 nitrogen and oxygen atoms in total. The third kappa shape index (κ3) is 10.1. The van der Waals surface area contributed by atoms with Crippen molar-refractivity contribution in [2.45, 2.75) is 44.1 Å². The second-order valence-corrected chi connectivity index (χ2v) is 7.80. The average molecular weight is 486 g/mol. The number of carboxylic acids is 1. The van der Waals surface area contributed by atoms with Gasteiger partial charge < -0.3 is 37.1 Å². The van der Waals surface area contributed by atoms with Crippen molar-refractivity contribution in [1.82, 2.24) is 10.6 Å². The largest absolute Gasteiger partial charge is 0.480 e. The van der Waals surface area contributed by atoms with Crippen LogP contribution in [0.1, 0.15) is 24.0 Å². The molecule has 3 atom stereocenters. The third-order valence-electron chi connectivity index (χ3n) is 5.02. The van der Waals surface area contributed by atoms with Gasteiger partial charge in [-0.1, -0.05) is 60.7 Å². The van der Waals surface area contributed by atoms with Gasteiger partial charge >= 0.3 is 12.1 Å². The van der Waals surface area contributed by atoms with Crippen LogP contribution in [0.15, 0.2) is 65.7 Å². The molecule has 0 unspecified atom stereocenters. The Hall–Kier alpha value is -4.12. The van der Waals surface area contributed by atoms with Gasteiger partial charge in [-0.05, 0) is 30.4 Å². The van der Waals surface area contributed by atoms with Gasteiger partial charge in [0.1, 0.15) is 12.6 Å². The fourth-order valence-corrected chi connectivity index (χ4v) is 3.23. The number of nitrogens with zero attached hydrogens (tertiary/aromatic N) is 1. The van der Waals surface area contributed by atoms with E-state index in [1.165, 1.54) is 0 Å². The second kappa shape index (κ2) is 14.2. The van der Waals surface area contributed by atoms with Crippen molar-refractivity contribution in [2.75, 3.05) is 6.54 Å². The van der Waals surface area contributed by atoms with Crippen molar-refractivity contribution in [3.05, 3.63) is 71.8 Å². The maximum absolute atomic E-state index is 12.7. The molecule has 0 aliphatic carbocycles. The molecular formula is C24H31N5O6. The summed E-state index contributed by atoms with van der Waals surface area (Å²) in [7, 11) is 0. The fourth-order valence-electron chi connectivity index (χ4n) is 3.23. The van der Waals surface area contributed by atoms with E-state index >= 15 is 0 Å². The number of amides is 2. The SMILES string of the molecule is NC(N)=NCCC[C@H](NC(=O)[C@@H](O)[C@@H](Cc1ccccc1)NC(=O)OCc1ccccc1)C(=O)O. The number of nitrogens with two attached hydrogens (primary N) is 2. The molecule has 0 aliphatic heterocycles. The van der Waals surface area contributed by atoms with E-state index in [1.54, 1.807) is 48.5 Å². The van der Waals surface area contributed by atoms with Crippen LogP contribution in [-0.2, 0) is 27.4 Å². The summed E-state index contributed by atoms with van der Waals surface area (Å²) in [6.07, 6.45) is -2.12. The lowest BCUT2D eigenvalue weighted by atomic mass is 10.00. The van der Waals surface area contributed by atoms with Gasteiger partial charge in [-0.3, -0.25) is 9.79 Å². The van der Waals surface area contributed by atoms with Crippen LogP contribution in [0.25, 0.3) is 0 Å². The van der Waals surface area contributed by atoms with E-state index < -0.39 is 36.2 Å². The molecule has 0 saturated carbocycles. The predicted octanol–water partition coefficient (Wildman–Crippen LogP) is 0.508. The minimum atomic E-state index is -1.74. The normalized spacial score (nSPS) is 13.1. The van der Waals surface area contributed by atoms with E-state index in [0.29, 0.717) is 6.42 Å². The lowest BCUT2D eigenvalue weighted by molar-refractivity contribution is -0.144. The molecule has 35 heavy (non-hydrogen) atoms. The molecule has 0 radical (unpaired) electrons. The van der Waals surface area contributed by atoms with Crippen molar-refractivity contribution in [3.63, 3.8) is 0 Å². The molecule has 0 spiro atoms. The number of rotatable bonds is 13. The molecule has 0 aliphatic rings. The summed E-state index contributed by atoms with van der Waals surface area (Å²) in [5.41, 5.74) is 12.0. The first kappa shape index (κ1) is 27.1. The number of aliphatic carboxylic acids is 1. The topological polar surface area (TPSA) is 189 Å². The van der Waals surface area contributed by atoms with Crippen LogP contribution in [0.5, 0.6) is 0 Å². The minimum Gasteiger partial charge on any atom is -0.480 e. The van der Waals surface area contributed by atoms with E-state index in [1.807, 2.05) is 12.1 Å². The third-order valence-corrected chi connectivity index (χ3v) is 5.02. The highest BCUT2D eigenvalue weighted by atomic mass is 16.5. The van der Waals surface area contributed by atoms with Crippen LogP contribution < -0.4 is 22.1 Å². The van der Waals surface area contributed by atoms with Gasteiger partial charge in [0.15, 0.2) is 12.1 Å². The quantitative estimate of drug-likeness (QED) is 0.134. The molecule has 8 N–H and O–H groups in total. The number of carbonyl (C=O) groups is 3. The van der Waals surface area contributed by atoms with Crippen LogP contribution in [0.3, 0.4) is 0 Å². The van der Waals surface area contributed by atoms with Gasteiger partial charge in [0.2, 0.25) is 0 Å². The Morgan fingerprint density at radius 3 is 2.11 bits per heavy atom. The fraction of sp³-hybridized carbons (Fsp3) is 0.333. The molecule has 2 amide bonds. The zero-order valence-electron chi connectivity index (χ0n) is 19.2. The van der Waals surface area contributed by atoms with Crippen LogP contribution in [0, 0.1) is 0 Å². The van der Waals surface area contributed by atoms with Crippen LogP contribution in [0.2, 0.25) is 0 Å². The molecule has 0 bridgehead atoms. The number of carboxylic acid groups (broad SMARTS) is 1. The average Bonchev–Trinajstić information content (AvgIpc) is 2.84. The first-order valence-corrected chi connectivity index (χ1v) is 11.0. The number of guanidine groups is 1. The molecule has 188 valence electrons. The predicted molar refractivity (Wildman–Crippen MR) is 129 cm³/mol. The molecule has 2 aromatic rings. The summed E-state index contributed by atoms with van der Waals surface area (Å²) < 4.78 is 5.21. The van der Waals surface area contributed by atoms with Gasteiger partial charge in [0.05, 0.1) is 6.04 Å². The zero-order chi connectivity index (χ0) is 25.6. The van der Waals surface area contributed by atoms with E-state index in [4.69, 9.17) is 16.2 Å². The van der Waals surface area contributed by atoms with E-state index in [-0.39, 0.29) is 32.0 Å². The Morgan fingerprint density at radius 1 is 0.943 bits per heavy atom. The Balaban J connectivity index is 2.04. The molecule has 0 aromatic heterocycles. The summed E-state index contributed by atoms with van der Waals surface area (Å²) >= 11 is 0. The van der Waals surface area contributed by atoms with Gasteiger partial charge in [0, 0.05) is 6.54 Å². The highest BCUT2D eigenvalue weighted by molar-refractivity contribution is 5.87. The lowest BCUT2D eigenvalue weighted by Crippen LogP contribution is -2.54. The van der Waals surface area contributed by atoms with Crippen LogP contribution >= 0.6 is 0 Å². The standard InChI is InChI=1S/C24H31N5O6/c25-23(26)27-13-7-12-18(22(32)33)28-21(31)20(30)19(14-16-8-3-1-4-9-16)29-24(34)35-15-17-10-5-2-6-11-17/h1-6,8-11,18-20,30H,7,12-15H2,(H,28,31)(H,29,34)(H,32,33)(H4,25,26,27)/t18-,19+,20-/m0/s1. The van der Waals surface area contributed by atoms with Crippen molar-refractivity contribution >= 4 is 23.9 Å². The van der Waals surface area contributed by atoms with Crippen molar-refractivity contribution < 1.29 is 29.3 Å². The summed E-state index contributed by atoms with van der Waals surface area (Å²) in [6.45, 7) is 0.194. The monoisotopic (exact) mass is 485 g/mol. The van der Waals surface area contributed by atoms with Gasteiger partial charge in [0.25, 0.3) is 5.91 Å². The number of benzene rings is 2. The van der Waals surface area contributed by atoms with Crippen LogP contribution in [0.4, 0.5) is 4.79 Å². The maximum Gasteiger partial charge on any atom is 0.407 e. The Labute approximate surface area is 203 Å². The molecule has 2 rings (SSSR count). The number of hydrogen-bond donors (Lipinski definition) is 6. The number of alkyl carbamates (subject to hydrolysis) is 1. The van der Waals surface area contributed by atoms with E-state index in [0.717, 1.165) is 11.1 Å². The van der Waals surface area contributed by atoms with Crippen molar-refractivity contribution in [1.29, 1.82) is 0 Å². The van der Waals surface area contributed by atoms with Gasteiger partial charge in [-0.2, -0.15) is 0 Å². The second-order valence-electron chi connectivity index (χ2n) is 7.80. The Bertz CT molecular complexity index is 982. The first-order valence-electron chi connectivity index (χ1n) is 11.0. The zero-order valence-corrected chi connectivity index (χ0v) is 19.2. The minimum absolute atomic E-state index is 0.00388. The number of aliphatic hydroxyl groups is 1. The van der Waals surface area contributed by atoms with E-state index in [9.17, 15) is 24.6 Å². The van der Waals surface area contributed by atoms with Crippen LogP contribution in [-0.4, -0.2) is 58.9 Å². The summed E-state index contributed by atoms with van der Waals surface area (Å²) in [4.78, 5) is 40.5. The highest BCUT2D eigenvalue weighted by Crippen LogP contribution is 2.09. The number of hydrogen-bond acceptors (Lipinski definition) is 6. The lowest BCUT2D eigenvalue weighted by Gasteiger charge is -2.25. The van der Waals surface area contributed by atoms with Gasteiger partial charge in [-0.25, -0.2) is 9.59 Å². The van der Waals surface area contributed by atoms with Gasteiger partial charge in [-0.15, -0.1) is 0 Å². The van der Waals surface area contributed by atoms with Crippen molar-refractivity contribution in [2.24, 2.45) is 16.5 Å². The molecule has 0 fully saturated rings. The molecule has 2 aromatic carbocycles. The smallest absolute Gasteiger partial charge is 0.407 e. The number of aliphatic hydroxyl groups excluding tert-OH is 1. The first-order chi connectivity index (χ1) is 16.8. The summed E-state index contributed by atoms with van der Waals surface area (Å²) in [5.74, 6) is -2.33. The molecular weight excluding hydrogens is 454 g/mol. The number of aliphatic imine (C=N–C) groups is 1. The highest BCUT2D eigenvalue weighted by Gasteiger charge is 2.31. The number of nitrogens with one attached hydrogen (secondary N) is 2. The maximum atomic E-state index is 12.7. The Kier molecular flexibility index (Phi) is 11.0. The molecule has 11 heteroatoms. The molecule has 0 saturated heterocycles.